The third-order valence-electron chi connectivity index (χ3n) is 4.54. The second-order valence-electron chi connectivity index (χ2n) is 6.81. The summed E-state index contributed by atoms with van der Waals surface area (Å²) < 4.78 is 30.9. The first kappa shape index (κ1) is 22.4. The van der Waals surface area contributed by atoms with Crippen LogP contribution in [-0.4, -0.2) is 39.1 Å². The van der Waals surface area contributed by atoms with E-state index in [1.165, 1.54) is 28.6 Å². The van der Waals surface area contributed by atoms with Gasteiger partial charge in [-0.3, -0.25) is 13.9 Å². The highest BCUT2D eigenvalue weighted by atomic mass is 35.5. The molecule has 9 nitrogen and oxygen atoms in total. The van der Waals surface area contributed by atoms with E-state index in [-0.39, 0.29) is 35.2 Å². The van der Waals surface area contributed by atoms with Gasteiger partial charge in [-0.15, -0.1) is 0 Å². The van der Waals surface area contributed by atoms with Crippen LogP contribution >= 0.6 is 11.6 Å². The normalized spacial score (nSPS) is 14.6. The Balaban J connectivity index is 1.78. The Hall–Kier alpha value is -3.29. The van der Waals surface area contributed by atoms with Crippen LogP contribution in [0.3, 0.4) is 0 Å². The van der Waals surface area contributed by atoms with Gasteiger partial charge >= 0.3 is 0 Å². The zero-order valence-electron chi connectivity index (χ0n) is 16.3. The molecular weight excluding hydrogens is 444 g/mol. The van der Waals surface area contributed by atoms with Crippen LogP contribution in [-0.2, 0) is 21.4 Å². The number of carbonyl (C=O) groups excluding carboxylic acids is 2. The monoisotopic (exact) mass is 462 g/mol. The van der Waals surface area contributed by atoms with Crippen molar-refractivity contribution in [3.8, 4) is 11.8 Å². The molecule has 0 aromatic heterocycles. The van der Waals surface area contributed by atoms with E-state index in [0.29, 0.717) is 29.8 Å². The number of hydrogen-bond acceptors (Lipinski definition) is 6. The maximum Gasteiger partial charge on any atom is 0.255 e. The number of anilines is 1. The van der Waals surface area contributed by atoms with Gasteiger partial charge in [0.25, 0.3) is 11.8 Å². The van der Waals surface area contributed by atoms with E-state index in [4.69, 9.17) is 27.3 Å². The van der Waals surface area contributed by atoms with Gasteiger partial charge in [-0.2, -0.15) is 5.26 Å². The molecule has 1 saturated heterocycles. The molecule has 1 aliphatic heterocycles. The minimum atomic E-state index is -3.42. The molecule has 11 heteroatoms. The van der Waals surface area contributed by atoms with Gasteiger partial charge in [-0.1, -0.05) is 17.7 Å². The largest absolute Gasteiger partial charge is 0.483 e. The number of halogens is 1. The molecule has 3 N–H and O–H groups in total. The Labute approximate surface area is 184 Å². The minimum Gasteiger partial charge on any atom is -0.483 e. The number of sulfonamides is 1. The quantitative estimate of drug-likeness (QED) is 0.639. The average molecular weight is 463 g/mol. The lowest BCUT2D eigenvalue weighted by Crippen LogP contribution is -2.27. The van der Waals surface area contributed by atoms with Crippen LogP contribution in [0.25, 0.3) is 0 Å². The number of hydrogen-bond donors (Lipinski definition) is 2. The number of nitrogens with one attached hydrogen (secondary N) is 1. The molecule has 0 bridgehead atoms. The Kier molecular flexibility index (Phi) is 6.68. The molecule has 2 amide bonds. The van der Waals surface area contributed by atoms with Crippen LogP contribution in [0.2, 0.25) is 5.02 Å². The van der Waals surface area contributed by atoms with Crippen molar-refractivity contribution in [3.05, 3.63) is 58.1 Å². The Morgan fingerprint density at radius 1 is 1.26 bits per heavy atom. The number of rotatable bonds is 7. The molecule has 1 aliphatic rings. The van der Waals surface area contributed by atoms with Crippen molar-refractivity contribution in [1.29, 1.82) is 5.26 Å². The summed E-state index contributed by atoms with van der Waals surface area (Å²) >= 11 is 6.12. The summed E-state index contributed by atoms with van der Waals surface area (Å²) in [6.45, 7) is -0.0180. The highest BCUT2D eigenvalue weighted by molar-refractivity contribution is 7.93. The van der Waals surface area contributed by atoms with E-state index in [1.807, 2.05) is 6.07 Å². The molecule has 0 atom stereocenters. The van der Waals surface area contributed by atoms with Gasteiger partial charge in [-0.25, -0.2) is 8.42 Å². The fourth-order valence-electron chi connectivity index (χ4n) is 3.11. The fraction of sp³-hybridized carbons (Fsp3) is 0.250. The zero-order valence-corrected chi connectivity index (χ0v) is 17.9. The second kappa shape index (κ2) is 9.24. The molecule has 31 heavy (non-hydrogen) atoms. The van der Waals surface area contributed by atoms with Crippen molar-refractivity contribution in [2.24, 2.45) is 5.73 Å². The third-order valence-corrected chi connectivity index (χ3v) is 6.63. The Bertz CT molecular complexity index is 1180. The predicted molar refractivity (Wildman–Crippen MR) is 114 cm³/mol. The highest BCUT2D eigenvalue weighted by Gasteiger charge is 2.29. The number of amides is 2. The van der Waals surface area contributed by atoms with Gasteiger partial charge in [0.1, 0.15) is 5.75 Å². The molecule has 0 spiro atoms. The van der Waals surface area contributed by atoms with Crippen LogP contribution in [0.5, 0.6) is 5.75 Å². The molecule has 162 valence electrons. The summed E-state index contributed by atoms with van der Waals surface area (Å²) in [4.78, 5) is 23.7. The second-order valence-corrected chi connectivity index (χ2v) is 9.26. The third kappa shape index (κ3) is 5.45. The molecule has 1 fully saturated rings. The lowest BCUT2D eigenvalue weighted by molar-refractivity contribution is -0.119. The van der Waals surface area contributed by atoms with Crippen LogP contribution in [0.4, 0.5) is 5.69 Å². The number of carbonyl (C=O) groups is 2. The van der Waals surface area contributed by atoms with E-state index in [9.17, 15) is 18.0 Å². The maximum absolute atomic E-state index is 12.7. The molecule has 0 unspecified atom stereocenters. The lowest BCUT2D eigenvalue weighted by Gasteiger charge is -2.18. The van der Waals surface area contributed by atoms with Gasteiger partial charge < -0.3 is 15.8 Å². The Morgan fingerprint density at radius 2 is 2.03 bits per heavy atom. The molecule has 1 heterocycles. The van der Waals surface area contributed by atoms with Gasteiger partial charge in [-0.05, 0) is 36.8 Å². The number of benzene rings is 2. The smallest absolute Gasteiger partial charge is 0.255 e. The molecule has 0 saturated carbocycles. The summed E-state index contributed by atoms with van der Waals surface area (Å²) in [5, 5.41) is 12.0. The van der Waals surface area contributed by atoms with E-state index >= 15 is 0 Å². The van der Waals surface area contributed by atoms with Crippen molar-refractivity contribution in [1.82, 2.24) is 5.32 Å². The van der Waals surface area contributed by atoms with Crippen LogP contribution in [0, 0.1) is 11.3 Å². The summed E-state index contributed by atoms with van der Waals surface area (Å²) in [5.74, 6) is -0.868. The predicted octanol–water partition coefficient (Wildman–Crippen LogP) is 1.55. The summed E-state index contributed by atoms with van der Waals surface area (Å²) in [6, 6.07) is 11.0. The van der Waals surface area contributed by atoms with Gasteiger partial charge in [0.2, 0.25) is 10.0 Å². The molecular formula is C20H19ClN4O5S. The first-order valence-corrected chi connectivity index (χ1v) is 11.2. The number of nitrogens with two attached hydrogens (primary N) is 1. The van der Waals surface area contributed by atoms with Crippen LogP contribution in [0.1, 0.15) is 27.9 Å². The summed E-state index contributed by atoms with van der Waals surface area (Å²) in [5.41, 5.74) is 6.47. The summed E-state index contributed by atoms with van der Waals surface area (Å²) in [7, 11) is -3.42. The molecule has 0 radical (unpaired) electrons. The molecule has 3 rings (SSSR count). The standard InChI is InChI=1S/C20H19ClN4O5S/c21-16-7-15(8-17(9-16)25-4-1-5-31(25,28)29)20(27)24-11-14-3-2-13(10-22)6-18(14)30-12-19(23)26/h2-3,6-9H,1,4-5,11-12H2,(H2,23,26)(H,24,27). The Morgan fingerprint density at radius 3 is 2.68 bits per heavy atom. The van der Waals surface area contributed by atoms with E-state index < -0.39 is 21.8 Å². The van der Waals surface area contributed by atoms with Crippen molar-refractivity contribution >= 4 is 39.1 Å². The molecule has 2 aromatic rings. The van der Waals surface area contributed by atoms with Crippen molar-refractivity contribution in [2.45, 2.75) is 13.0 Å². The van der Waals surface area contributed by atoms with Gasteiger partial charge in [0, 0.05) is 29.2 Å². The van der Waals surface area contributed by atoms with Crippen LogP contribution < -0.4 is 20.1 Å². The SMILES string of the molecule is N#Cc1ccc(CNC(=O)c2cc(Cl)cc(N3CCCS3(=O)=O)c2)c(OCC(N)=O)c1. The zero-order chi connectivity index (χ0) is 22.6. The van der Waals surface area contributed by atoms with Gasteiger partial charge in [0.15, 0.2) is 6.61 Å². The van der Waals surface area contributed by atoms with E-state index in [0.717, 1.165) is 0 Å². The van der Waals surface area contributed by atoms with Crippen molar-refractivity contribution in [3.63, 3.8) is 0 Å². The first-order valence-electron chi connectivity index (χ1n) is 9.23. The average Bonchev–Trinajstić information content (AvgIpc) is 3.09. The fourth-order valence-corrected chi connectivity index (χ4v) is 4.89. The molecule has 0 aliphatic carbocycles. The van der Waals surface area contributed by atoms with Crippen molar-refractivity contribution in [2.75, 3.05) is 23.2 Å². The topological polar surface area (TPSA) is 143 Å². The minimum absolute atomic E-state index is 0.0303. The number of nitriles is 1. The number of nitrogens with zero attached hydrogens (tertiary/aromatic N) is 2. The number of ether oxygens (including phenoxy) is 1. The lowest BCUT2D eigenvalue weighted by atomic mass is 10.1. The first-order chi connectivity index (χ1) is 14.7. The van der Waals surface area contributed by atoms with Crippen LogP contribution in [0.15, 0.2) is 36.4 Å². The van der Waals surface area contributed by atoms with Gasteiger partial charge in [0.05, 0.1) is 23.1 Å². The summed E-state index contributed by atoms with van der Waals surface area (Å²) in [6.07, 6.45) is 0.503. The number of primary amides is 1. The maximum atomic E-state index is 12.7. The van der Waals surface area contributed by atoms with E-state index in [1.54, 1.807) is 12.1 Å². The van der Waals surface area contributed by atoms with Crippen molar-refractivity contribution < 1.29 is 22.7 Å². The highest BCUT2D eigenvalue weighted by Crippen LogP contribution is 2.28. The van der Waals surface area contributed by atoms with E-state index in [2.05, 4.69) is 5.32 Å². The molecule has 2 aromatic carbocycles.